The van der Waals surface area contributed by atoms with Gasteiger partial charge in [0.05, 0.1) is 21.4 Å². The Labute approximate surface area is 188 Å². The fourth-order valence-electron chi connectivity index (χ4n) is 2.68. The Hall–Kier alpha value is -3.01. The fraction of sp³-hybridized carbons (Fsp3) is 0.0500. The van der Waals surface area contributed by atoms with Gasteiger partial charge in [-0.05, 0) is 42.5 Å². The Kier molecular flexibility index (Phi) is 6.17. The van der Waals surface area contributed by atoms with Crippen molar-refractivity contribution in [3.63, 3.8) is 0 Å². The van der Waals surface area contributed by atoms with Gasteiger partial charge in [-0.25, -0.2) is 4.98 Å². The first-order chi connectivity index (χ1) is 14.9. The number of halogens is 4. The number of nitrogens with one attached hydrogen (secondary N) is 2. The Morgan fingerprint density at radius 1 is 1.03 bits per heavy atom. The molecule has 0 unspecified atom stereocenters. The standard InChI is InChI=1S/C20H12Cl2F2N4O2S/c21-13-6-3-11(7-14(13)22)15-8-16(28-27-15)18(29)26-20-25-17(9-31-20)10-1-4-12(5-2-10)30-19(23)24/h1-9,19H,(H,27,28)(H,25,26,29). The van der Waals surface area contributed by atoms with E-state index in [0.717, 1.165) is 0 Å². The van der Waals surface area contributed by atoms with Crippen LogP contribution in [-0.2, 0) is 0 Å². The number of H-pyrrole nitrogens is 1. The minimum absolute atomic E-state index is 0.0551. The summed E-state index contributed by atoms with van der Waals surface area (Å²) in [5.41, 5.74) is 2.77. The maximum atomic E-state index is 12.5. The molecule has 6 nitrogen and oxygen atoms in total. The first-order valence-corrected chi connectivity index (χ1v) is 10.4. The van der Waals surface area contributed by atoms with Crippen molar-refractivity contribution >= 4 is 45.6 Å². The molecule has 1 amide bonds. The third-order valence-corrected chi connectivity index (χ3v) is 5.63. The van der Waals surface area contributed by atoms with E-state index in [-0.39, 0.29) is 11.4 Å². The zero-order valence-electron chi connectivity index (χ0n) is 15.4. The van der Waals surface area contributed by atoms with Gasteiger partial charge in [0, 0.05) is 16.5 Å². The first kappa shape index (κ1) is 21.2. The monoisotopic (exact) mass is 480 g/mol. The second-order valence-electron chi connectivity index (χ2n) is 6.19. The molecule has 2 aromatic heterocycles. The lowest BCUT2D eigenvalue weighted by atomic mass is 10.1. The van der Waals surface area contributed by atoms with Crippen LogP contribution in [-0.4, -0.2) is 27.7 Å². The van der Waals surface area contributed by atoms with E-state index in [1.165, 1.54) is 23.5 Å². The van der Waals surface area contributed by atoms with Crippen LogP contribution >= 0.6 is 34.5 Å². The van der Waals surface area contributed by atoms with Crippen LogP contribution in [0.4, 0.5) is 13.9 Å². The third kappa shape index (κ3) is 5.01. The Morgan fingerprint density at radius 3 is 2.48 bits per heavy atom. The van der Waals surface area contributed by atoms with Gasteiger partial charge in [-0.2, -0.15) is 13.9 Å². The molecule has 0 saturated carbocycles. The summed E-state index contributed by atoms with van der Waals surface area (Å²) in [4.78, 5) is 16.9. The van der Waals surface area contributed by atoms with Crippen molar-refractivity contribution in [1.82, 2.24) is 15.2 Å². The number of anilines is 1. The molecule has 2 aromatic carbocycles. The third-order valence-electron chi connectivity index (χ3n) is 4.14. The quantitative estimate of drug-likeness (QED) is 0.336. The van der Waals surface area contributed by atoms with E-state index in [9.17, 15) is 13.6 Å². The van der Waals surface area contributed by atoms with Crippen LogP contribution in [0.15, 0.2) is 53.9 Å². The van der Waals surface area contributed by atoms with E-state index in [1.54, 1.807) is 41.8 Å². The van der Waals surface area contributed by atoms with Gasteiger partial charge >= 0.3 is 6.61 Å². The van der Waals surface area contributed by atoms with Crippen molar-refractivity contribution in [3.8, 4) is 28.3 Å². The number of carbonyl (C=O) groups excluding carboxylic acids is 1. The summed E-state index contributed by atoms with van der Waals surface area (Å²) in [5, 5.41) is 12.4. The Bertz CT molecular complexity index is 1230. The zero-order valence-corrected chi connectivity index (χ0v) is 17.7. The molecule has 31 heavy (non-hydrogen) atoms. The predicted molar refractivity (Wildman–Crippen MR) is 116 cm³/mol. The van der Waals surface area contributed by atoms with Crippen LogP contribution < -0.4 is 10.1 Å². The van der Waals surface area contributed by atoms with Crippen LogP contribution in [0.3, 0.4) is 0 Å². The highest BCUT2D eigenvalue weighted by molar-refractivity contribution is 7.14. The largest absolute Gasteiger partial charge is 0.435 e. The van der Waals surface area contributed by atoms with Gasteiger partial charge < -0.3 is 4.74 Å². The van der Waals surface area contributed by atoms with Gasteiger partial charge in [0.15, 0.2) is 5.13 Å². The average molecular weight is 481 g/mol. The normalized spacial score (nSPS) is 11.0. The van der Waals surface area contributed by atoms with Gasteiger partial charge in [0.2, 0.25) is 0 Å². The van der Waals surface area contributed by atoms with Crippen LogP contribution in [0, 0.1) is 0 Å². The molecule has 0 spiro atoms. The molecule has 158 valence electrons. The van der Waals surface area contributed by atoms with E-state index < -0.39 is 12.5 Å². The number of ether oxygens (including phenoxy) is 1. The molecule has 0 bridgehead atoms. The zero-order chi connectivity index (χ0) is 22.0. The van der Waals surface area contributed by atoms with E-state index in [2.05, 4.69) is 25.2 Å². The number of carbonyl (C=O) groups is 1. The molecule has 0 aliphatic carbocycles. The van der Waals surface area contributed by atoms with E-state index in [4.69, 9.17) is 23.2 Å². The summed E-state index contributed by atoms with van der Waals surface area (Å²) >= 11 is 13.2. The molecule has 0 aliphatic rings. The summed E-state index contributed by atoms with van der Waals surface area (Å²) < 4.78 is 28.8. The molecule has 4 aromatic rings. The highest BCUT2D eigenvalue weighted by Gasteiger charge is 2.14. The van der Waals surface area contributed by atoms with Crippen molar-refractivity contribution in [2.24, 2.45) is 0 Å². The topological polar surface area (TPSA) is 79.9 Å². The molecule has 2 heterocycles. The summed E-state index contributed by atoms with van der Waals surface area (Å²) in [6.45, 7) is -2.88. The summed E-state index contributed by atoms with van der Waals surface area (Å²) in [5.74, 6) is -0.361. The molecular formula is C20H12Cl2F2N4O2S. The number of thiazole rings is 1. The number of benzene rings is 2. The molecule has 0 atom stereocenters. The minimum atomic E-state index is -2.88. The van der Waals surface area contributed by atoms with E-state index in [0.29, 0.717) is 37.7 Å². The molecule has 0 aliphatic heterocycles. The average Bonchev–Trinajstić information content (AvgIpc) is 3.40. The van der Waals surface area contributed by atoms with Gasteiger partial charge in [-0.15, -0.1) is 11.3 Å². The fourth-order valence-corrected chi connectivity index (χ4v) is 3.69. The van der Waals surface area contributed by atoms with Crippen molar-refractivity contribution < 1.29 is 18.3 Å². The number of aromatic nitrogens is 3. The maximum absolute atomic E-state index is 12.5. The summed E-state index contributed by atoms with van der Waals surface area (Å²) in [7, 11) is 0. The molecule has 0 radical (unpaired) electrons. The lowest BCUT2D eigenvalue weighted by Gasteiger charge is -2.04. The number of aromatic amines is 1. The van der Waals surface area contributed by atoms with Crippen LogP contribution in [0.2, 0.25) is 10.0 Å². The van der Waals surface area contributed by atoms with Gasteiger partial charge in [-0.3, -0.25) is 15.2 Å². The molecule has 11 heteroatoms. The molecule has 0 saturated heterocycles. The molecule has 0 fully saturated rings. The molecular weight excluding hydrogens is 469 g/mol. The van der Waals surface area contributed by atoms with Gasteiger partial charge in [0.25, 0.3) is 5.91 Å². The maximum Gasteiger partial charge on any atom is 0.387 e. The van der Waals surface area contributed by atoms with Crippen molar-refractivity contribution in [1.29, 1.82) is 0 Å². The lowest BCUT2D eigenvalue weighted by molar-refractivity contribution is -0.0498. The van der Waals surface area contributed by atoms with E-state index in [1.807, 2.05) is 0 Å². The Balaban J connectivity index is 1.44. The SMILES string of the molecule is O=C(Nc1nc(-c2ccc(OC(F)F)cc2)cs1)c1cc(-c2ccc(Cl)c(Cl)c2)n[nH]1. The number of hydrogen-bond donors (Lipinski definition) is 2. The number of alkyl halides is 2. The van der Waals surface area contributed by atoms with Gasteiger partial charge in [-0.1, -0.05) is 29.3 Å². The molecule has 4 rings (SSSR count). The summed E-state index contributed by atoms with van der Waals surface area (Å²) in [6, 6.07) is 12.7. The van der Waals surface area contributed by atoms with Crippen molar-refractivity contribution in [2.45, 2.75) is 6.61 Å². The highest BCUT2D eigenvalue weighted by Crippen LogP contribution is 2.29. The predicted octanol–water partition coefficient (Wildman–Crippen LogP) is 6.36. The number of nitrogens with zero attached hydrogens (tertiary/aromatic N) is 2. The van der Waals surface area contributed by atoms with Crippen molar-refractivity contribution in [2.75, 3.05) is 5.32 Å². The number of amides is 1. The number of rotatable bonds is 6. The highest BCUT2D eigenvalue weighted by atomic mass is 35.5. The van der Waals surface area contributed by atoms with Crippen molar-refractivity contribution in [3.05, 3.63) is 69.7 Å². The molecule has 2 N–H and O–H groups in total. The minimum Gasteiger partial charge on any atom is -0.435 e. The first-order valence-electron chi connectivity index (χ1n) is 8.72. The number of hydrogen-bond acceptors (Lipinski definition) is 5. The second kappa shape index (κ2) is 9.01. The van der Waals surface area contributed by atoms with Crippen LogP contribution in [0.25, 0.3) is 22.5 Å². The van der Waals surface area contributed by atoms with E-state index >= 15 is 0 Å². The lowest BCUT2D eigenvalue weighted by Crippen LogP contribution is -2.12. The van der Waals surface area contributed by atoms with Gasteiger partial charge in [0.1, 0.15) is 11.4 Å². The smallest absolute Gasteiger partial charge is 0.387 e. The van der Waals surface area contributed by atoms with Crippen LogP contribution in [0.5, 0.6) is 5.75 Å². The van der Waals surface area contributed by atoms with Crippen LogP contribution in [0.1, 0.15) is 10.5 Å². The Morgan fingerprint density at radius 2 is 1.77 bits per heavy atom. The summed E-state index contributed by atoms with van der Waals surface area (Å²) in [6.07, 6.45) is 0. The second-order valence-corrected chi connectivity index (χ2v) is 7.86.